The van der Waals surface area contributed by atoms with Crippen molar-refractivity contribution in [2.75, 3.05) is 18.4 Å². The molecule has 0 spiro atoms. The Kier molecular flexibility index (Phi) is 6.57. The van der Waals surface area contributed by atoms with Gasteiger partial charge in [0.1, 0.15) is 0 Å². The second-order valence-corrected chi connectivity index (χ2v) is 5.65. The average Bonchev–Trinajstić information content (AvgIpc) is 2.57. The summed E-state index contributed by atoms with van der Waals surface area (Å²) in [5, 5.41) is 17.1. The summed E-state index contributed by atoms with van der Waals surface area (Å²) in [6, 6.07) is 13.6. The van der Waals surface area contributed by atoms with Gasteiger partial charge in [0, 0.05) is 42.4 Å². The number of halogens is 1. The number of hydrogen-bond acceptors (Lipinski definition) is 4. The van der Waals surface area contributed by atoms with E-state index in [4.69, 9.17) is 11.6 Å². The lowest BCUT2D eigenvalue weighted by atomic mass is 10.1. The average molecular weight is 348 g/mol. The molecule has 6 nitrogen and oxygen atoms in total. The van der Waals surface area contributed by atoms with Crippen LogP contribution in [0.5, 0.6) is 0 Å². The SMILES string of the molecule is O=C(CCc1cccc(Cl)c1)NCCNc1ccc([N+](=O)[O-])cc1. The predicted octanol–water partition coefficient (Wildman–Crippen LogP) is 3.41. The third-order valence-electron chi connectivity index (χ3n) is 3.38. The van der Waals surface area contributed by atoms with E-state index in [1.54, 1.807) is 18.2 Å². The number of carbonyl (C=O) groups excluding carboxylic acids is 1. The molecule has 0 aromatic heterocycles. The highest BCUT2D eigenvalue weighted by Crippen LogP contribution is 2.15. The highest BCUT2D eigenvalue weighted by molar-refractivity contribution is 6.30. The number of aryl methyl sites for hydroxylation is 1. The van der Waals surface area contributed by atoms with Crippen LogP contribution in [0.2, 0.25) is 5.02 Å². The largest absolute Gasteiger partial charge is 0.383 e. The van der Waals surface area contributed by atoms with Crippen LogP contribution >= 0.6 is 11.6 Å². The molecule has 0 aliphatic heterocycles. The molecule has 0 atom stereocenters. The first kappa shape index (κ1) is 17.7. The van der Waals surface area contributed by atoms with Gasteiger partial charge in [0.2, 0.25) is 5.91 Å². The minimum atomic E-state index is -0.441. The van der Waals surface area contributed by atoms with Crippen LogP contribution in [-0.2, 0) is 11.2 Å². The van der Waals surface area contributed by atoms with E-state index in [2.05, 4.69) is 10.6 Å². The van der Waals surface area contributed by atoms with Gasteiger partial charge in [-0.25, -0.2) is 0 Å². The van der Waals surface area contributed by atoms with Gasteiger partial charge >= 0.3 is 0 Å². The summed E-state index contributed by atoms with van der Waals surface area (Å²) in [5.74, 6) is -0.0273. The maximum atomic E-state index is 11.8. The summed E-state index contributed by atoms with van der Waals surface area (Å²) in [6.07, 6.45) is 1.04. The number of carbonyl (C=O) groups is 1. The molecule has 0 unspecified atom stereocenters. The molecule has 0 saturated heterocycles. The van der Waals surface area contributed by atoms with Crippen LogP contribution in [0.15, 0.2) is 48.5 Å². The standard InChI is InChI=1S/C17H18ClN3O3/c18-14-3-1-2-13(12-14)4-9-17(22)20-11-10-19-15-5-7-16(8-6-15)21(23)24/h1-3,5-8,12,19H,4,9-11H2,(H,20,22). The van der Waals surface area contributed by atoms with E-state index in [9.17, 15) is 14.9 Å². The maximum absolute atomic E-state index is 11.8. The monoisotopic (exact) mass is 347 g/mol. The van der Waals surface area contributed by atoms with E-state index in [1.165, 1.54) is 12.1 Å². The van der Waals surface area contributed by atoms with Crippen LogP contribution < -0.4 is 10.6 Å². The van der Waals surface area contributed by atoms with Gasteiger partial charge in [0.25, 0.3) is 5.69 Å². The first-order chi connectivity index (χ1) is 11.5. The maximum Gasteiger partial charge on any atom is 0.269 e. The molecular formula is C17H18ClN3O3. The molecule has 0 bridgehead atoms. The third kappa shape index (κ3) is 5.89. The van der Waals surface area contributed by atoms with E-state index in [-0.39, 0.29) is 11.6 Å². The zero-order valence-corrected chi connectivity index (χ0v) is 13.8. The van der Waals surface area contributed by atoms with Crippen molar-refractivity contribution in [1.29, 1.82) is 0 Å². The molecule has 0 heterocycles. The number of nitrogens with one attached hydrogen (secondary N) is 2. The van der Waals surface area contributed by atoms with Crippen LogP contribution in [0.1, 0.15) is 12.0 Å². The van der Waals surface area contributed by atoms with Crippen molar-refractivity contribution in [3.63, 3.8) is 0 Å². The zero-order chi connectivity index (χ0) is 17.4. The van der Waals surface area contributed by atoms with Crippen LogP contribution in [0.25, 0.3) is 0 Å². The molecule has 2 N–H and O–H groups in total. The van der Waals surface area contributed by atoms with Crippen molar-refractivity contribution >= 4 is 28.9 Å². The third-order valence-corrected chi connectivity index (χ3v) is 3.62. The first-order valence-electron chi connectivity index (χ1n) is 7.54. The quantitative estimate of drug-likeness (QED) is 0.435. The van der Waals surface area contributed by atoms with E-state index >= 15 is 0 Å². The molecule has 2 aromatic rings. The van der Waals surface area contributed by atoms with Crippen molar-refractivity contribution in [3.8, 4) is 0 Å². The second-order valence-electron chi connectivity index (χ2n) is 5.21. The smallest absolute Gasteiger partial charge is 0.269 e. The fraction of sp³-hybridized carbons (Fsp3) is 0.235. The number of hydrogen-bond donors (Lipinski definition) is 2. The Morgan fingerprint density at radius 1 is 1.12 bits per heavy atom. The highest BCUT2D eigenvalue weighted by atomic mass is 35.5. The van der Waals surface area contributed by atoms with Gasteiger partial charge in [-0.1, -0.05) is 23.7 Å². The Hall–Kier alpha value is -2.60. The number of nitrogens with zero attached hydrogens (tertiary/aromatic N) is 1. The Morgan fingerprint density at radius 3 is 2.54 bits per heavy atom. The molecule has 0 fully saturated rings. The molecule has 24 heavy (non-hydrogen) atoms. The fourth-order valence-electron chi connectivity index (χ4n) is 2.15. The Bertz CT molecular complexity index is 704. The topological polar surface area (TPSA) is 84.3 Å². The fourth-order valence-corrected chi connectivity index (χ4v) is 2.36. The predicted molar refractivity (Wildman–Crippen MR) is 94.4 cm³/mol. The first-order valence-corrected chi connectivity index (χ1v) is 7.92. The van der Waals surface area contributed by atoms with Crippen molar-refractivity contribution in [3.05, 3.63) is 69.2 Å². The number of nitro benzene ring substituents is 1. The molecule has 126 valence electrons. The molecule has 0 aliphatic carbocycles. The Balaban J connectivity index is 1.64. The van der Waals surface area contributed by atoms with Gasteiger partial charge in [0.15, 0.2) is 0 Å². The van der Waals surface area contributed by atoms with Gasteiger partial charge in [-0.05, 0) is 36.2 Å². The molecule has 1 amide bonds. The molecule has 2 rings (SSSR count). The number of benzene rings is 2. The van der Waals surface area contributed by atoms with Gasteiger partial charge in [-0.2, -0.15) is 0 Å². The summed E-state index contributed by atoms with van der Waals surface area (Å²) in [7, 11) is 0. The molecule has 7 heteroatoms. The lowest BCUT2D eigenvalue weighted by molar-refractivity contribution is -0.384. The summed E-state index contributed by atoms with van der Waals surface area (Å²) in [5.41, 5.74) is 1.85. The van der Waals surface area contributed by atoms with Gasteiger partial charge in [-0.3, -0.25) is 14.9 Å². The van der Waals surface area contributed by atoms with E-state index in [0.29, 0.717) is 31.0 Å². The van der Waals surface area contributed by atoms with Crippen molar-refractivity contribution in [1.82, 2.24) is 5.32 Å². The van der Waals surface area contributed by atoms with E-state index in [0.717, 1.165) is 11.3 Å². The van der Waals surface area contributed by atoms with Crippen molar-refractivity contribution in [2.45, 2.75) is 12.8 Å². The minimum Gasteiger partial charge on any atom is -0.383 e. The summed E-state index contributed by atoms with van der Waals surface area (Å²) in [6.45, 7) is 1.02. The number of anilines is 1. The van der Waals surface area contributed by atoms with Crippen LogP contribution in [0.3, 0.4) is 0 Å². The number of rotatable bonds is 8. The van der Waals surface area contributed by atoms with Crippen molar-refractivity contribution in [2.24, 2.45) is 0 Å². The Morgan fingerprint density at radius 2 is 1.88 bits per heavy atom. The lowest BCUT2D eigenvalue weighted by Crippen LogP contribution is -2.28. The molecular weight excluding hydrogens is 330 g/mol. The normalized spacial score (nSPS) is 10.2. The van der Waals surface area contributed by atoms with Crippen LogP contribution in [0.4, 0.5) is 11.4 Å². The molecule has 0 saturated carbocycles. The Labute approximate surface area is 145 Å². The van der Waals surface area contributed by atoms with Gasteiger partial charge < -0.3 is 10.6 Å². The second kappa shape index (κ2) is 8.88. The zero-order valence-electron chi connectivity index (χ0n) is 13.0. The summed E-state index contributed by atoms with van der Waals surface area (Å²) in [4.78, 5) is 21.9. The van der Waals surface area contributed by atoms with Crippen LogP contribution in [-0.4, -0.2) is 23.9 Å². The number of amides is 1. The number of non-ortho nitro benzene ring substituents is 1. The van der Waals surface area contributed by atoms with Crippen LogP contribution in [0, 0.1) is 10.1 Å². The molecule has 2 aromatic carbocycles. The van der Waals surface area contributed by atoms with E-state index < -0.39 is 4.92 Å². The molecule has 0 aliphatic rings. The number of nitro groups is 1. The van der Waals surface area contributed by atoms with Gasteiger partial charge in [-0.15, -0.1) is 0 Å². The molecule has 0 radical (unpaired) electrons. The lowest BCUT2D eigenvalue weighted by Gasteiger charge is -2.08. The minimum absolute atomic E-state index is 0.0273. The highest BCUT2D eigenvalue weighted by Gasteiger charge is 2.04. The van der Waals surface area contributed by atoms with Crippen molar-refractivity contribution < 1.29 is 9.72 Å². The summed E-state index contributed by atoms with van der Waals surface area (Å²) < 4.78 is 0. The summed E-state index contributed by atoms with van der Waals surface area (Å²) >= 11 is 5.90. The van der Waals surface area contributed by atoms with Gasteiger partial charge in [0.05, 0.1) is 4.92 Å². The van der Waals surface area contributed by atoms with E-state index in [1.807, 2.05) is 18.2 Å².